The monoisotopic (exact) mass is 323 g/mol. The molecule has 4 heteroatoms. The highest BCUT2D eigenvalue weighted by Crippen LogP contribution is 2.33. The smallest absolute Gasteiger partial charge is 0.320 e. The van der Waals surface area contributed by atoms with Gasteiger partial charge in [-0.1, -0.05) is 20.8 Å². The average Bonchev–Trinajstić information content (AvgIpc) is 2.53. The van der Waals surface area contributed by atoms with Crippen LogP contribution in [0.5, 0.6) is 0 Å². The number of urea groups is 1. The fourth-order valence-corrected chi connectivity index (χ4v) is 3.68. The van der Waals surface area contributed by atoms with E-state index >= 15 is 0 Å². The van der Waals surface area contributed by atoms with E-state index in [0.29, 0.717) is 5.92 Å². The van der Waals surface area contributed by atoms with Crippen molar-refractivity contribution < 1.29 is 4.79 Å². The molecule has 0 radical (unpaired) electrons. The van der Waals surface area contributed by atoms with Gasteiger partial charge in [-0.3, -0.25) is 0 Å². The lowest BCUT2D eigenvalue weighted by Crippen LogP contribution is -2.50. The SMILES string of the molecule is CC1CN(C)C(C)(C)CCN(C(=O)N2CCCCC2)CC1(C)C. The van der Waals surface area contributed by atoms with Gasteiger partial charge in [-0.2, -0.15) is 0 Å². The molecule has 2 amide bonds. The van der Waals surface area contributed by atoms with Gasteiger partial charge in [0, 0.05) is 38.3 Å². The van der Waals surface area contributed by atoms with Crippen molar-refractivity contribution >= 4 is 6.03 Å². The first-order valence-corrected chi connectivity index (χ1v) is 9.38. The van der Waals surface area contributed by atoms with Crippen LogP contribution in [0.25, 0.3) is 0 Å². The number of amides is 2. The highest BCUT2D eigenvalue weighted by atomic mass is 16.2. The maximum Gasteiger partial charge on any atom is 0.320 e. The van der Waals surface area contributed by atoms with E-state index in [1.807, 2.05) is 0 Å². The Balaban J connectivity index is 2.18. The van der Waals surface area contributed by atoms with Gasteiger partial charge >= 0.3 is 6.03 Å². The number of rotatable bonds is 0. The van der Waals surface area contributed by atoms with Crippen LogP contribution in [0, 0.1) is 11.3 Å². The second kappa shape index (κ2) is 7.00. The molecule has 0 bridgehead atoms. The van der Waals surface area contributed by atoms with Crippen molar-refractivity contribution in [1.82, 2.24) is 14.7 Å². The van der Waals surface area contributed by atoms with E-state index in [0.717, 1.165) is 52.0 Å². The van der Waals surface area contributed by atoms with E-state index in [2.05, 4.69) is 56.4 Å². The molecule has 0 saturated carbocycles. The second-order valence-electron chi connectivity index (χ2n) is 9.08. The third-order valence-corrected chi connectivity index (χ3v) is 6.40. The van der Waals surface area contributed by atoms with Crippen molar-refractivity contribution in [2.24, 2.45) is 11.3 Å². The number of carbonyl (C=O) groups excluding carboxylic acids is 1. The van der Waals surface area contributed by atoms with Crippen molar-refractivity contribution in [2.75, 3.05) is 39.8 Å². The zero-order valence-corrected chi connectivity index (χ0v) is 16.2. The van der Waals surface area contributed by atoms with Crippen molar-refractivity contribution in [3.63, 3.8) is 0 Å². The summed E-state index contributed by atoms with van der Waals surface area (Å²) in [7, 11) is 2.23. The van der Waals surface area contributed by atoms with Crippen LogP contribution in [0.1, 0.15) is 60.3 Å². The predicted molar refractivity (Wildman–Crippen MR) is 96.7 cm³/mol. The minimum atomic E-state index is 0.134. The van der Waals surface area contributed by atoms with E-state index in [-0.39, 0.29) is 17.0 Å². The van der Waals surface area contributed by atoms with Crippen LogP contribution in [0.4, 0.5) is 4.79 Å². The molecule has 4 nitrogen and oxygen atoms in total. The topological polar surface area (TPSA) is 26.8 Å². The maximum atomic E-state index is 13.1. The molecule has 1 atom stereocenters. The molecule has 2 aliphatic rings. The van der Waals surface area contributed by atoms with Gasteiger partial charge in [-0.15, -0.1) is 0 Å². The van der Waals surface area contributed by atoms with Crippen LogP contribution < -0.4 is 0 Å². The molecular formula is C19H37N3O. The van der Waals surface area contributed by atoms with Gasteiger partial charge in [0.2, 0.25) is 0 Å². The highest BCUT2D eigenvalue weighted by molar-refractivity contribution is 5.74. The molecule has 2 heterocycles. The average molecular weight is 324 g/mol. The molecule has 2 aliphatic heterocycles. The van der Waals surface area contributed by atoms with Gasteiger partial charge in [-0.25, -0.2) is 4.79 Å². The van der Waals surface area contributed by atoms with E-state index in [9.17, 15) is 4.79 Å². The van der Waals surface area contributed by atoms with E-state index in [1.54, 1.807) is 0 Å². The van der Waals surface area contributed by atoms with E-state index < -0.39 is 0 Å². The summed E-state index contributed by atoms with van der Waals surface area (Å²) in [6.07, 6.45) is 4.62. The largest absolute Gasteiger partial charge is 0.325 e. The van der Waals surface area contributed by atoms with Gasteiger partial charge in [0.1, 0.15) is 0 Å². The Morgan fingerprint density at radius 3 is 2.17 bits per heavy atom. The third kappa shape index (κ3) is 4.40. The summed E-state index contributed by atoms with van der Waals surface area (Å²) in [5.41, 5.74) is 0.273. The van der Waals surface area contributed by atoms with Crippen LogP contribution in [0.3, 0.4) is 0 Å². The van der Waals surface area contributed by atoms with Gasteiger partial charge in [0.15, 0.2) is 0 Å². The number of nitrogens with zero attached hydrogens (tertiary/aromatic N) is 3. The first kappa shape index (κ1) is 18.6. The lowest BCUT2D eigenvalue weighted by atomic mass is 9.79. The van der Waals surface area contributed by atoms with Gasteiger partial charge in [-0.05, 0) is 57.9 Å². The van der Waals surface area contributed by atoms with Crippen LogP contribution in [-0.4, -0.2) is 66.0 Å². The lowest BCUT2D eigenvalue weighted by Gasteiger charge is -2.40. The molecule has 0 aromatic carbocycles. The van der Waals surface area contributed by atoms with Crippen molar-refractivity contribution in [2.45, 2.75) is 65.8 Å². The fraction of sp³-hybridized carbons (Fsp3) is 0.947. The molecular weight excluding hydrogens is 286 g/mol. The Morgan fingerprint density at radius 2 is 1.57 bits per heavy atom. The molecule has 134 valence electrons. The van der Waals surface area contributed by atoms with Crippen LogP contribution in [0.2, 0.25) is 0 Å². The second-order valence-corrected chi connectivity index (χ2v) is 9.08. The minimum Gasteiger partial charge on any atom is -0.325 e. The summed E-state index contributed by atoms with van der Waals surface area (Å²) in [4.78, 5) is 19.8. The summed E-state index contributed by atoms with van der Waals surface area (Å²) in [5, 5.41) is 0. The summed E-state index contributed by atoms with van der Waals surface area (Å²) in [6, 6.07) is 0.269. The molecule has 0 aromatic heterocycles. The molecule has 2 fully saturated rings. The molecule has 0 spiro atoms. The molecule has 0 N–H and O–H groups in total. The Bertz CT molecular complexity index is 413. The highest BCUT2D eigenvalue weighted by Gasteiger charge is 2.37. The predicted octanol–water partition coefficient (Wildman–Crippen LogP) is 3.67. The van der Waals surface area contributed by atoms with Gasteiger partial charge in [0.25, 0.3) is 0 Å². The maximum absolute atomic E-state index is 13.1. The van der Waals surface area contributed by atoms with Crippen molar-refractivity contribution in [3.05, 3.63) is 0 Å². The van der Waals surface area contributed by atoms with Crippen LogP contribution >= 0.6 is 0 Å². The third-order valence-electron chi connectivity index (χ3n) is 6.40. The molecule has 0 aliphatic carbocycles. The molecule has 2 rings (SSSR count). The quantitative estimate of drug-likeness (QED) is 0.680. The van der Waals surface area contributed by atoms with Crippen molar-refractivity contribution in [1.29, 1.82) is 0 Å². The normalized spacial score (nSPS) is 29.6. The van der Waals surface area contributed by atoms with Crippen LogP contribution in [-0.2, 0) is 0 Å². The standard InChI is InChI=1S/C19H37N3O/c1-16-14-20(6)19(4,5)10-13-22(15-18(16,2)3)17(23)21-11-8-7-9-12-21/h16H,7-15H2,1-6H3. The lowest BCUT2D eigenvalue weighted by molar-refractivity contribution is 0.0937. The number of hydrogen-bond acceptors (Lipinski definition) is 2. The van der Waals surface area contributed by atoms with E-state index in [1.165, 1.54) is 6.42 Å². The first-order chi connectivity index (χ1) is 10.6. The van der Waals surface area contributed by atoms with Gasteiger partial charge in [0.05, 0.1) is 0 Å². The Kier molecular flexibility index (Phi) is 5.65. The summed E-state index contributed by atoms with van der Waals surface area (Å²) in [6.45, 7) is 16.3. The number of piperidine rings is 1. The number of carbonyl (C=O) groups is 1. The zero-order valence-electron chi connectivity index (χ0n) is 16.2. The Labute approximate surface area is 143 Å². The Morgan fingerprint density at radius 1 is 0.957 bits per heavy atom. The number of likely N-dealkylation sites (tertiary alicyclic amines) is 1. The summed E-state index contributed by atoms with van der Waals surface area (Å²) in [5.74, 6) is 0.557. The van der Waals surface area contributed by atoms with Crippen molar-refractivity contribution in [3.8, 4) is 0 Å². The summed E-state index contributed by atoms with van der Waals surface area (Å²) >= 11 is 0. The molecule has 1 unspecified atom stereocenters. The van der Waals surface area contributed by atoms with Gasteiger partial charge < -0.3 is 14.7 Å². The van der Waals surface area contributed by atoms with Crippen LogP contribution in [0.15, 0.2) is 0 Å². The Hall–Kier alpha value is -0.770. The minimum absolute atomic E-state index is 0.134. The molecule has 0 aromatic rings. The van der Waals surface area contributed by atoms with E-state index in [4.69, 9.17) is 0 Å². The fourth-order valence-electron chi connectivity index (χ4n) is 3.68. The molecule has 23 heavy (non-hydrogen) atoms. The molecule has 2 saturated heterocycles. The summed E-state index contributed by atoms with van der Waals surface area (Å²) < 4.78 is 0. The first-order valence-electron chi connectivity index (χ1n) is 9.38. The zero-order chi connectivity index (χ0) is 17.3. The number of hydrogen-bond donors (Lipinski definition) is 0.